The van der Waals surface area contributed by atoms with E-state index in [-0.39, 0.29) is 10.3 Å². The minimum absolute atomic E-state index is 0.126. The van der Waals surface area contributed by atoms with Crippen LogP contribution in [0.5, 0.6) is 0 Å². The molecule has 0 aliphatic carbocycles. The zero-order chi connectivity index (χ0) is 14.7. The maximum absolute atomic E-state index is 11.9. The van der Waals surface area contributed by atoms with E-state index in [1.165, 1.54) is 6.92 Å². The van der Waals surface area contributed by atoms with Gasteiger partial charge in [-0.1, -0.05) is 0 Å². The second kappa shape index (κ2) is 5.88. The van der Waals surface area contributed by atoms with Crippen LogP contribution in [-0.2, 0) is 14.4 Å². The zero-order valence-corrected chi connectivity index (χ0v) is 10.6. The van der Waals surface area contributed by atoms with E-state index in [9.17, 15) is 19.5 Å². The number of rotatable bonds is 7. The number of hydrogen-bond donors (Lipinski definition) is 2. The van der Waals surface area contributed by atoms with E-state index in [0.717, 1.165) is 0 Å². The number of aliphatic hydroxyl groups is 1. The van der Waals surface area contributed by atoms with Gasteiger partial charge in [0.05, 0.1) is 35.4 Å². The second-order valence-corrected chi connectivity index (χ2v) is 4.93. The molecule has 0 fully saturated rings. The van der Waals surface area contributed by atoms with Crippen LogP contribution >= 0.6 is 0 Å². The van der Waals surface area contributed by atoms with Crippen molar-refractivity contribution < 1.29 is 30.5 Å². The van der Waals surface area contributed by atoms with Crippen molar-refractivity contribution in [3.05, 3.63) is 0 Å². The molecular formula is C11H20NO5+. The number of quaternary nitrogens is 1. The number of hydrogen-bond acceptors (Lipinski definition) is 4. The molecule has 17 heavy (non-hydrogen) atoms. The lowest BCUT2D eigenvalue weighted by atomic mass is 9.97. The predicted octanol–water partition coefficient (Wildman–Crippen LogP) is -0.555. The lowest BCUT2D eigenvalue weighted by Crippen LogP contribution is -2.56. The molecule has 2 atom stereocenters. The van der Waals surface area contributed by atoms with Crippen molar-refractivity contribution in [1.29, 1.82) is 0 Å². The lowest BCUT2D eigenvalue weighted by molar-refractivity contribution is -0.890. The van der Waals surface area contributed by atoms with E-state index in [0.29, 0.717) is 0 Å². The molecule has 0 spiro atoms. The third-order valence-electron chi connectivity index (χ3n) is 2.15. The Balaban J connectivity index is 5.30. The number of carboxylic acid groups (broad SMARTS) is 1. The molecule has 2 N–H and O–H groups in total. The van der Waals surface area contributed by atoms with Crippen LogP contribution in [0.4, 0.5) is 0 Å². The monoisotopic (exact) mass is 247 g/mol. The summed E-state index contributed by atoms with van der Waals surface area (Å²) in [5.74, 6) is -2.39. The van der Waals surface area contributed by atoms with Crippen molar-refractivity contribution in [1.82, 2.24) is 0 Å². The standard InChI is InChI=1S/C11H19NO5/c1-7(13)5-8(14)11(12(2,3)4)9(15)6-10(16)17/h9,11,15H,5-6H2,1-4H3/p+1/i9D. The number of carbonyl (C=O) groups is 3. The largest absolute Gasteiger partial charge is 0.481 e. The fraction of sp³-hybridized carbons (Fsp3) is 0.727. The average molecular weight is 247 g/mol. The number of likely N-dealkylation sites (N-methyl/N-ethyl adjacent to an activating group) is 1. The van der Waals surface area contributed by atoms with E-state index in [4.69, 9.17) is 6.48 Å². The van der Waals surface area contributed by atoms with E-state index in [1.54, 1.807) is 21.1 Å². The summed E-state index contributed by atoms with van der Waals surface area (Å²) in [4.78, 5) is 33.5. The summed E-state index contributed by atoms with van der Waals surface area (Å²) in [6, 6.07) is -1.29. The van der Waals surface area contributed by atoms with Gasteiger partial charge in [-0.25, -0.2) is 0 Å². The number of carbonyl (C=O) groups excluding carboxylic acids is 2. The number of aliphatic carboxylic acids is 1. The van der Waals surface area contributed by atoms with Gasteiger partial charge in [0, 0.05) is 0 Å². The number of nitrogens with zero attached hydrogens (tertiary/aromatic N) is 1. The molecule has 0 saturated heterocycles. The molecule has 0 aliphatic rings. The Morgan fingerprint density at radius 2 is 1.76 bits per heavy atom. The highest BCUT2D eigenvalue weighted by Gasteiger charge is 2.39. The van der Waals surface area contributed by atoms with Crippen LogP contribution in [0.3, 0.4) is 0 Å². The van der Waals surface area contributed by atoms with Gasteiger partial charge in [-0.2, -0.15) is 0 Å². The summed E-state index contributed by atoms with van der Waals surface area (Å²) in [5, 5.41) is 18.6. The van der Waals surface area contributed by atoms with E-state index < -0.39 is 36.7 Å². The molecule has 0 aromatic rings. The maximum Gasteiger partial charge on any atom is 0.306 e. The SMILES string of the molecule is [2H]C(O)(CC(=O)O)C(C(=O)CC(C)=O)[N+](C)(C)C. The molecule has 0 aromatic carbocycles. The summed E-state index contributed by atoms with van der Waals surface area (Å²) >= 11 is 0. The van der Waals surface area contributed by atoms with Crippen molar-refractivity contribution in [3.8, 4) is 0 Å². The third-order valence-corrected chi connectivity index (χ3v) is 2.15. The van der Waals surface area contributed by atoms with E-state index in [2.05, 4.69) is 0 Å². The molecule has 6 nitrogen and oxygen atoms in total. The molecule has 6 heteroatoms. The Morgan fingerprint density at radius 3 is 2.06 bits per heavy atom. The molecule has 0 aliphatic heterocycles. The molecule has 2 unspecified atom stereocenters. The van der Waals surface area contributed by atoms with Crippen LogP contribution < -0.4 is 0 Å². The quantitative estimate of drug-likeness (QED) is 0.465. The van der Waals surface area contributed by atoms with E-state index in [1.807, 2.05) is 0 Å². The zero-order valence-electron chi connectivity index (χ0n) is 11.6. The van der Waals surface area contributed by atoms with Gasteiger partial charge in [-0.05, 0) is 6.92 Å². The summed E-state index contributed by atoms with van der Waals surface area (Å²) in [6.45, 7) is 1.23. The van der Waals surface area contributed by atoms with Gasteiger partial charge in [0.25, 0.3) is 0 Å². The smallest absolute Gasteiger partial charge is 0.306 e. The average Bonchev–Trinajstić information content (AvgIpc) is 1.93. The van der Waals surface area contributed by atoms with Crippen LogP contribution in [0, 0.1) is 0 Å². The van der Waals surface area contributed by atoms with Gasteiger partial charge in [0.2, 0.25) is 0 Å². The molecule has 98 valence electrons. The molecule has 0 bridgehead atoms. The van der Waals surface area contributed by atoms with E-state index >= 15 is 0 Å². The van der Waals surface area contributed by atoms with Gasteiger partial charge in [-0.15, -0.1) is 0 Å². The summed E-state index contributed by atoms with van der Waals surface area (Å²) in [6.07, 6.45) is -3.74. The Morgan fingerprint density at radius 1 is 1.29 bits per heavy atom. The highest BCUT2D eigenvalue weighted by Crippen LogP contribution is 2.14. The van der Waals surface area contributed by atoms with Crippen LogP contribution in [0.15, 0.2) is 0 Å². The molecule has 0 rings (SSSR count). The normalized spacial score (nSPS) is 17.8. The minimum Gasteiger partial charge on any atom is -0.481 e. The first-order valence-corrected chi connectivity index (χ1v) is 5.15. The molecule has 0 aromatic heterocycles. The first-order valence-electron chi connectivity index (χ1n) is 5.65. The molecular weight excluding hydrogens is 226 g/mol. The summed E-state index contributed by atoms with van der Waals surface area (Å²) < 4.78 is 7.55. The summed E-state index contributed by atoms with van der Waals surface area (Å²) in [7, 11) is 4.68. The van der Waals surface area contributed by atoms with Crippen LogP contribution in [-0.4, -0.2) is 65.5 Å². The number of ketones is 2. The minimum atomic E-state index is -2.45. The van der Waals surface area contributed by atoms with Crippen molar-refractivity contribution in [2.24, 2.45) is 0 Å². The fourth-order valence-corrected chi connectivity index (χ4v) is 1.66. The van der Waals surface area contributed by atoms with Gasteiger partial charge in [-0.3, -0.25) is 14.4 Å². The van der Waals surface area contributed by atoms with Gasteiger partial charge in [0.1, 0.15) is 11.9 Å². The Kier molecular flexibility index (Phi) is 4.77. The highest BCUT2D eigenvalue weighted by atomic mass is 16.4. The van der Waals surface area contributed by atoms with Crippen LogP contribution in [0.2, 0.25) is 0 Å². The second-order valence-electron chi connectivity index (χ2n) is 4.93. The van der Waals surface area contributed by atoms with Crippen LogP contribution in [0.1, 0.15) is 21.1 Å². The lowest BCUT2D eigenvalue weighted by Gasteiger charge is -2.35. The topological polar surface area (TPSA) is 91.7 Å². The molecule has 0 heterocycles. The van der Waals surface area contributed by atoms with Crippen molar-refractivity contribution in [3.63, 3.8) is 0 Å². The van der Waals surface area contributed by atoms with Gasteiger partial charge < -0.3 is 14.7 Å². The highest BCUT2D eigenvalue weighted by molar-refractivity contribution is 6.00. The Bertz CT molecular complexity index is 359. The molecule has 0 saturated carbocycles. The molecule has 0 amide bonds. The van der Waals surface area contributed by atoms with Crippen molar-refractivity contribution in [2.45, 2.75) is 31.9 Å². The number of Topliss-reactive ketones (excluding diaryl/α,β-unsaturated/α-hetero) is 2. The Labute approximate surface area is 102 Å². The first kappa shape index (κ1) is 13.8. The molecule has 0 radical (unpaired) electrons. The van der Waals surface area contributed by atoms with Gasteiger partial charge in [0.15, 0.2) is 11.8 Å². The van der Waals surface area contributed by atoms with Crippen molar-refractivity contribution >= 4 is 17.5 Å². The van der Waals surface area contributed by atoms with Crippen LogP contribution in [0.25, 0.3) is 0 Å². The maximum atomic E-state index is 11.9. The third kappa shape index (κ3) is 5.55. The first-order chi connectivity index (χ1) is 7.88. The Hall–Kier alpha value is -1.27. The fourth-order valence-electron chi connectivity index (χ4n) is 1.66. The predicted molar refractivity (Wildman–Crippen MR) is 60.4 cm³/mol. The number of carboxylic acids is 1. The van der Waals surface area contributed by atoms with Gasteiger partial charge >= 0.3 is 5.97 Å². The summed E-state index contributed by atoms with van der Waals surface area (Å²) in [5.41, 5.74) is 0. The van der Waals surface area contributed by atoms with Crippen molar-refractivity contribution in [2.75, 3.05) is 21.1 Å².